The van der Waals surface area contributed by atoms with E-state index < -0.39 is 5.60 Å². The quantitative estimate of drug-likeness (QED) is 0.442. The van der Waals surface area contributed by atoms with Crippen LogP contribution in [-0.4, -0.2) is 42.8 Å². The van der Waals surface area contributed by atoms with Crippen molar-refractivity contribution in [3.63, 3.8) is 0 Å². The van der Waals surface area contributed by atoms with Gasteiger partial charge < -0.3 is 14.2 Å². The second kappa shape index (κ2) is 8.87. The third kappa shape index (κ3) is 5.00. The Labute approximate surface area is 163 Å². The molecule has 2 saturated heterocycles. The molecule has 0 aliphatic carbocycles. The Morgan fingerprint density at radius 1 is 1.30 bits per heavy atom. The van der Waals surface area contributed by atoms with Gasteiger partial charge >= 0.3 is 5.97 Å². The summed E-state index contributed by atoms with van der Waals surface area (Å²) in [6.45, 7) is 10.4. The van der Waals surface area contributed by atoms with Crippen LogP contribution in [0.1, 0.15) is 73.1 Å². The summed E-state index contributed by atoms with van der Waals surface area (Å²) >= 11 is 0. The predicted molar refractivity (Wildman–Crippen MR) is 104 cm³/mol. The number of rotatable bonds is 9. The molecule has 0 aromatic rings. The minimum atomic E-state index is -0.551. The van der Waals surface area contributed by atoms with Crippen LogP contribution in [0.4, 0.5) is 0 Å². The zero-order chi connectivity index (χ0) is 20.2. The average Bonchev–Trinajstić information content (AvgIpc) is 3.04. The number of methoxy groups -OCH3 is 1. The lowest BCUT2D eigenvalue weighted by atomic mass is 9.87. The van der Waals surface area contributed by atoms with Gasteiger partial charge in [0.15, 0.2) is 0 Å². The topological polar surface area (TPSA) is 61.8 Å². The van der Waals surface area contributed by atoms with Gasteiger partial charge in [-0.15, -0.1) is 0 Å². The molecule has 2 unspecified atom stereocenters. The van der Waals surface area contributed by atoms with Gasteiger partial charge in [-0.1, -0.05) is 18.6 Å². The smallest absolute Gasteiger partial charge is 0.311 e. The summed E-state index contributed by atoms with van der Waals surface area (Å²) in [7, 11) is 1.41. The highest BCUT2D eigenvalue weighted by Gasteiger charge is 2.57. The van der Waals surface area contributed by atoms with Gasteiger partial charge in [-0.3, -0.25) is 9.59 Å². The Morgan fingerprint density at radius 3 is 2.63 bits per heavy atom. The molecule has 5 heteroatoms. The van der Waals surface area contributed by atoms with E-state index in [1.807, 2.05) is 33.8 Å². The number of esters is 1. The third-order valence-electron chi connectivity index (χ3n) is 6.45. The fourth-order valence-electron chi connectivity index (χ4n) is 4.19. The van der Waals surface area contributed by atoms with E-state index in [1.54, 1.807) is 0 Å². The van der Waals surface area contributed by atoms with Crippen LogP contribution in [0, 0.1) is 11.8 Å². The van der Waals surface area contributed by atoms with Crippen LogP contribution < -0.4 is 0 Å². The van der Waals surface area contributed by atoms with Crippen LogP contribution in [0.2, 0.25) is 0 Å². The monoisotopic (exact) mass is 380 g/mol. The highest BCUT2D eigenvalue weighted by atomic mass is 16.6. The van der Waals surface area contributed by atoms with E-state index in [0.717, 1.165) is 32.1 Å². The first-order valence-electron chi connectivity index (χ1n) is 10.2. The van der Waals surface area contributed by atoms with E-state index in [-0.39, 0.29) is 29.5 Å². The molecule has 2 aliphatic rings. The molecular weight excluding hydrogens is 344 g/mol. The van der Waals surface area contributed by atoms with Crippen molar-refractivity contribution < 1.29 is 23.8 Å². The number of carbonyl (C=O) groups excluding carboxylic acids is 2. The van der Waals surface area contributed by atoms with Crippen molar-refractivity contribution in [3.8, 4) is 0 Å². The van der Waals surface area contributed by atoms with Gasteiger partial charge in [-0.05, 0) is 59.8 Å². The number of ketones is 1. The van der Waals surface area contributed by atoms with Gasteiger partial charge in [0, 0.05) is 12.3 Å². The number of ether oxygens (including phenoxy) is 3. The van der Waals surface area contributed by atoms with Gasteiger partial charge in [-0.25, -0.2) is 0 Å². The maximum atomic E-state index is 12.2. The van der Waals surface area contributed by atoms with E-state index >= 15 is 0 Å². The molecule has 0 aromatic heterocycles. The molecule has 27 heavy (non-hydrogen) atoms. The maximum absolute atomic E-state index is 12.2. The molecular formula is C22H36O5. The predicted octanol–water partition coefficient (Wildman–Crippen LogP) is 4.23. The zero-order valence-electron chi connectivity index (χ0n) is 17.8. The molecule has 154 valence electrons. The largest absolute Gasteiger partial charge is 0.469 e. The van der Waals surface area contributed by atoms with Crippen LogP contribution in [-0.2, 0) is 23.8 Å². The first-order chi connectivity index (χ1) is 12.6. The van der Waals surface area contributed by atoms with Gasteiger partial charge in [0.2, 0.25) is 0 Å². The Hall–Kier alpha value is -1.20. The van der Waals surface area contributed by atoms with Crippen LogP contribution in [0.3, 0.4) is 0 Å². The van der Waals surface area contributed by atoms with E-state index in [4.69, 9.17) is 14.2 Å². The first-order valence-corrected chi connectivity index (χ1v) is 10.2. The van der Waals surface area contributed by atoms with Crippen molar-refractivity contribution >= 4 is 11.8 Å². The minimum absolute atomic E-state index is 0.00459. The molecule has 2 aliphatic heterocycles. The number of fused-ring (bicyclic) bond motifs is 2. The van der Waals surface area contributed by atoms with Crippen molar-refractivity contribution in [3.05, 3.63) is 11.6 Å². The molecule has 0 radical (unpaired) electrons. The molecule has 2 fully saturated rings. The second-order valence-corrected chi connectivity index (χ2v) is 8.80. The van der Waals surface area contributed by atoms with Gasteiger partial charge in [-0.2, -0.15) is 0 Å². The van der Waals surface area contributed by atoms with E-state index in [2.05, 4.69) is 6.92 Å². The molecule has 2 rings (SSSR count). The second-order valence-electron chi connectivity index (χ2n) is 8.80. The Balaban J connectivity index is 1.86. The molecule has 2 heterocycles. The SMILES string of the molecule is COC(=O)C(C)[C@@]12CC[C@@H](O1)[C@](C)(CCCC(C)C(=O)CC=C(C)C)OC2. The summed E-state index contributed by atoms with van der Waals surface area (Å²) in [6, 6.07) is 0. The van der Waals surface area contributed by atoms with Crippen molar-refractivity contribution in [2.24, 2.45) is 11.8 Å². The number of allylic oxidation sites excluding steroid dienone is 2. The molecule has 0 N–H and O–H groups in total. The van der Waals surface area contributed by atoms with Crippen LogP contribution in [0.25, 0.3) is 0 Å². The lowest BCUT2D eigenvalue weighted by Gasteiger charge is -2.46. The molecule has 5 nitrogen and oxygen atoms in total. The standard InChI is InChI=1S/C22H36O5/c1-15(2)9-10-18(23)16(3)8-7-12-21(5)19-11-13-22(27-19,14-26-21)17(4)20(24)25-6/h9,16-17,19H,7-8,10-14H2,1-6H3/t16?,17?,19-,21+,22+/m1/s1. The van der Waals surface area contributed by atoms with Gasteiger partial charge in [0.1, 0.15) is 11.4 Å². The lowest BCUT2D eigenvalue weighted by molar-refractivity contribution is -0.254. The first kappa shape index (κ1) is 22.1. The number of carbonyl (C=O) groups is 2. The highest BCUT2D eigenvalue weighted by Crippen LogP contribution is 2.48. The summed E-state index contributed by atoms with van der Waals surface area (Å²) in [5.74, 6) is -0.207. The minimum Gasteiger partial charge on any atom is -0.469 e. The number of hydrogen-bond acceptors (Lipinski definition) is 5. The summed E-state index contributed by atoms with van der Waals surface area (Å²) in [6.07, 6.45) is 6.89. The molecule has 0 amide bonds. The van der Waals surface area contributed by atoms with E-state index in [0.29, 0.717) is 18.8 Å². The van der Waals surface area contributed by atoms with Crippen molar-refractivity contribution in [2.45, 2.75) is 90.4 Å². The van der Waals surface area contributed by atoms with E-state index in [9.17, 15) is 9.59 Å². The zero-order valence-corrected chi connectivity index (χ0v) is 17.8. The summed E-state index contributed by atoms with van der Waals surface area (Å²) < 4.78 is 17.5. The van der Waals surface area contributed by atoms with Crippen molar-refractivity contribution in [2.75, 3.05) is 13.7 Å². The summed E-state index contributed by atoms with van der Waals surface area (Å²) in [4.78, 5) is 24.2. The van der Waals surface area contributed by atoms with Gasteiger partial charge in [0.25, 0.3) is 0 Å². The maximum Gasteiger partial charge on any atom is 0.311 e. The third-order valence-corrected chi connectivity index (χ3v) is 6.45. The molecule has 0 spiro atoms. The van der Waals surface area contributed by atoms with Crippen molar-refractivity contribution in [1.82, 2.24) is 0 Å². The lowest BCUT2D eigenvalue weighted by Crippen LogP contribution is -2.56. The summed E-state index contributed by atoms with van der Waals surface area (Å²) in [5.41, 5.74) is 0.283. The Kier molecular flexibility index (Phi) is 7.26. The van der Waals surface area contributed by atoms with E-state index in [1.165, 1.54) is 12.7 Å². The number of Topliss-reactive ketones (excluding diaryl/α,β-unsaturated/α-hetero) is 1. The highest BCUT2D eigenvalue weighted by molar-refractivity contribution is 5.82. The fraction of sp³-hybridized carbons (Fsp3) is 0.818. The fourth-order valence-corrected chi connectivity index (χ4v) is 4.19. The van der Waals surface area contributed by atoms with Gasteiger partial charge in [0.05, 0.1) is 31.3 Å². The molecule has 5 atom stereocenters. The van der Waals surface area contributed by atoms with Crippen LogP contribution in [0.15, 0.2) is 11.6 Å². The van der Waals surface area contributed by atoms with Crippen LogP contribution in [0.5, 0.6) is 0 Å². The Morgan fingerprint density at radius 2 is 2.00 bits per heavy atom. The Bertz CT molecular complexity index is 579. The molecule has 2 bridgehead atoms. The normalized spacial score (nSPS) is 31.9. The van der Waals surface area contributed by atoms with Crippen LogP contribution >= 0.6 is 0 Å². The molecule has 0 saturated carbocycles. The summed E-state index contributed by atoms with van der Waals surface area (Å²) in [5, 5.41) is 0. The average molecular weight is 381 g/mol. The number of hydrogen-bond donors (Lipinski definition) is 0. The van der Waals surface area contributed by atoms with Crippen molar-refractivity contribution in [1.29, 1.82) is 0 Å². The molecule has 0 aromatic carbocycles.